The number of benzene rings is 2. The Morgan fingerprint density at radius 1 is 1.09 bits per heavy atom. The Morgan fingerprint density at radius 3 is 2.53 bits per heavy atom. The number of ether oxygens (including phenoxy) is 1. The van der Waals surface area contributed by atoms with Crippen molar-refractivity contribution < 1.29 is 9.53 Å². The molecule has 2 aromatic carbocycles. The van der Waals surface area contributed by atoms with Crippen molar-refractivity contribution in [2.24, 2.45) is 0 Å². The maximum atomic E-state index is 13.2. The molecule has 0 spiro atoms. The third-order valence-corrected chi connectivity index (χ3v) is 6.48. The van der Waals surface area contributed by atoms with Gasteiger partial charge in [-0.05, 0) is 30.0 Å². The molecule has 1 unspecified atom stereocenters. The summed E-state index contributed by atoms with van der Waals surface area (Å²) >= 11 is 1.48. The van der Waals surface area contributed by atoms with Crippen LogP contribution in [0.3, 0.4) is 0 Å². The molecule has 1 atom stereocenters. The maximum Gasteiger partial charge on any atom is 0.259 e. The minimum absolute atomic E-state index is 0.00787. The Kier molecular flexibility index (Phi) is 8.16. The fourth-order valence-corrected chi connectivity index (χ4v) is 4.32. The van der Waals surface area contributed by atoms with Gasteiger partial charge in [-0.3, -0.25) is 4.79 Å². The quantitative estimate of drug-likeness (QED) is 0.372. The van der Waals surface area contributed by atoms with Crippen LogP contribution in [0.15, 0.2) is 66.0 Å². The van der Waals surface area contributed by atoms with Crippen LogP contribution in [0.2, 0.25) is 0 Å². The highest BCUT2D eigenvalue weighted by atomic mass is 32.2. The number of thioether (sulfide) groups is 1. The summed E-state index contributed by atoms with van der Waals surface area (Å²) in [4.78, 5) is 26.0. The van der Waals surface area contributed by atoms with E-state index in [9.17, 15) is 4.79 Å². The van der Waals surface area contributed by atoms with Crippen LogP contribution in [-0.4, -0.2) is 60.8 Å². The van der Waals surface area contributed by atoms with Gasteiger partial charge in [0.25, 0.3) is 5.91 Å². The van der Waals surface area contributed by atoms with Crippen LogP contribution >= 0.6 is 11.8 Å². The first-order valence-corrected chi connectivity index (χ1v) is 12.6. The van der Waals surface area contributed by atoms with Crippen molar-refractivity contribution in [1.29, 1.82) is 0 Å². The molecular formula is C26H31N5O2S. The zero-order chi connectivity index (χ0) is 23.9. The molecule has 2 heterocycles. The van der Waals surface area contributed by atoms with Crippen LogP contribution < -0.4 is 10.2 Å². The van der Waals surface area contributed by atoms with Crippen molar-refractivity contribution in [3.8, 4) is 0 Å². The second-order valence-electron chi connectivity index (χ2n) is 8.33. The van der Waals surface area contributed by atoms with E-state index in [0.29, 0.717) is 36.2 Å². The second kappa shape index (κ2) is 11.5. The van der Waals surface area contributed by atoms with Gasteiger partial charge in [-0.25, -0.2) is 9.97 Å². The van der Waals surface area contributed by atoms with Crippen molar-refractivity contribution >= 4 is 23.5 Å². The predicted molar refractivity (Wildman–Crippen MR) is 136 cm³/mol. The number of nitrogens with zero attached hydrogens (tertiary/aromatic N) is 4. The summed E-state index contributed by atoms with van der Waals surface area (Å²) in [5.41, 5.74) is 3.90. The predicted octanol–water partition coefficient (Wildman–Crippen LogP) is 3.77. The molecule has 0 radical (unpaired) electrons. The van der Waals surface area contributed by atoms with Crippen LogP contribution in [0.5, 0.6) is 0 Å². The number of anilines is 1. The van der Waals surface area contributed by atoms with Gasteiger partial charge in [0.1, 0.15) is 11.4 Å². The first-order chi connectivity index (χ1) is 16.6. The third-order valence-electron chi connectivity index (χ3n) is 5.92. The molecule has 7 nitrogen and oxygen atoms in total. The van der Waals surface area contributed by atoms with Gasteiger partial charge in [0, 0.05) is 39.4 Å². The van der Waals surface area contributed by atoms with Crippen LogP contribution in [0.25, 0.3) is 0 Å². The van der Waals surface area contributed by atoms with Gasteiger partial charge < -0.3 is 19.9 Å². The van der Waals surface area contributed by atoms with Gasteiger partial charge in [-0.2, -0.15) is 0 Å². The van der Waals surface area contributed by atoms with Gasteiger partial charge in [0.15, 0.2) is 5.16 Å². The standard InChI is InChI=1S/C26H31N5O2S/c1-27-16-23(21-7-5-4-6-8-21)33-18-20-11-9-19(10-12-20)17-31-14-13-30(2)24-22(25(31)32)15-28-26(29-24)34-3/h4-12,15,23,27H,13-14,16-18H2,1-3H3. The second-order valence-corrected chi connectivity index (χ2v) is 9.10. The number of fused-ring (bicyclic) bond motifs is 1. The highest BCUT2D eigenvalue weighted by molar-refractivity contribution is 7.98. The summed E-state index contributed by atoms with van der Waals surface area (Å²) in [6.45, 7) is 3.17. The Balaban J connectivity index is 1.40. The number of carbonyl (C=O) groups excluding carboxylic acids is 1. The number of carbonyl (C=O) groups is 1. The molecule has 0 fully saturated rings. The molecule has 0 bridgehead atoms. The van der Waals surface area contributed by atoms with E-state index in [4.69, 9.17) is 4.74 Å². The smallest absolute Gasteiger partial charge is 0.259 e. The molecule has 1 amide bonds. The van der Waals surface area contributed by atoms with Gasteiger partial charge in [0.2, 0.25) is 0 Å². The van der Waals surface area contributed by atoms with E-state index in [2.05, 4.69) is 51.7 Å². The third kappa shape index (κ3) is 5.75. The first-order valence-electron chi connectivity index (χ1n) is 11.4. The molecular weight excluding hydrogens is 446 g/mol. The molecule has 1 aromatic heterocycles. The number of hydrogen-bond donors (Lipinski definition) is 1. The Bertz CT molecular complexity index is 1090. The summed E-state index contributed by atoms with van der Waals surface area (Å²) in [7, 11) is 3.90. The van der Waals surface area contributed by atoms with Gasteiger partial charge in [-0.15, -0.1) is 0 Å². The van der Waals surface area contributed by atoms with Crippen LogP contribution in [0.1, 0.15) is 33.2 Å². The van der Waals surface area contributed by atoms with Gasteiger partial charge in [0.05, 0.1) is 12.7 Å². The average molecular weight is 478 g/mol. The summed E-state index contributed by atoms with van der Waals surface area (Å²) < 4.78 is 6.20. The van der Waals surface area contributed by atoms with E-state index in [1.165, 1.54) is 11.8 Å². The molecule has 4 rings (SSSR count). The fraction of sp³-hybridized carbons (Fsp3) is 0.346. The average Bonchev–Trinajstić information content (AvgIpc) is 2.99. The molecule has 3 aromatic rings. The number of likely N-dealkylation sites (N-methyl/N-ethyl adjacent to an activating group) is 2. The summed E-state index contributed by atoms with van der Waals surface area (Å²) in [6, 6.07) is 18.6. The van der Waals surface area contributed by atoms with E-state index >= 15 is 0 Å². The Morgan fingerprint density at radius 2 is 1.82 bits per heavy atom. The molecule has 1 N–H and O–H groups in total. The lowest BCUT2D eigenvalue weighted by atomic mass is 10.1. The maximum absolute atomic E-state index is 13.2. The van der Waals surface area contributed by atoms with E-state index in [1.54, 1.807) is 6.20 Å². The molecule has 1 aliphatic heterocycles. The van der Waals surface area contributed by atoms with E-state index in [1.807, 2.05) is 48.4 Å². The highest BCUT2D eigenvalue weighted by Gasteiger charge is 2.27. The van der Waals surface area contributed by atoms with Crippen molar-refractivity contribution in [2.45, 2.75) is 24.4 Å². The zero-order valence-electron chi connectivity index (χ0n) is 19.9. The number of amides is 1. The number of nitrogens with one attached hydrogen (secondary N) is 1. The van der Waals surface area contributed by atoms with Gasteiger partial charge in [-0.1, -0.05) is 66.4 Å². The summed E-state index contributed by atoms with van der Waals surface area (Å²) in [5, 5.41) is 3.88. The SMILES string of the molecule is CNCC(OCc1ccc(CN2CCN(C)c3nc(SC)ncc3C2=O)cc1)c1ccccc1. The number of rotatable bonds is 9. The monoisotopic (exact) mass is 477 g/mol. The van der Waals surface area contributed by atoms with Crippen molar-refractivity contribution in [2.75, 3.05) is 44.9 Å². The van der Waals surface area contributed by atoms with Crippen molar-refractivity contribution in [1.82, 2.24) is 20.2 Å². The molecule has 0 saturated heterocycles. The lowest BCUT2D eigenvalue weighted by Gasteiger charge is -2.21. The largest absolute Gasteiger partial charge is 0.368 e. The van der Waals surface area contributed by atoms with Crippen molar-refractivity contribution in [3.63, 3.8) is 0 Å². The molecule has 1 aliphatic rings. The van der Waals surface area contributed by atoms with E-state index < -0.39 is 0 Å². The first kappa shape index (κ1) is 24.2. The highest BCUT2D eigenvalue weighted by Crippen LogP contribution is 2.25. The normalized spacial score (nSPS) is 14.6. The van der Waals surface area contributed by atoms with Crippen LogP contribution in [0, 0.1) is 0 Å². The lowest BCUT2D eigenvalue weighted by molar-refractivity contribution is 0.0410. The van der Waals surface area contributed by atoms with Crippen LogP contribution in [-0.2, 0) is 17.9 Å². The fourth-order valence-electron chi connectivity index (χ4n) is 3.98. The van der Waals surface area contributed by atoms with E-state index in [0.717, 1.165) is 29.8 Å². The number of hydrogen-bond acceptors (Lipinski definition) is 7. The summed E-state index contributed by atoms with van der Waals surface area (Å²) in [6.07, 6.45) is 3.58. The van der Waals surface area contributed by atoms with Gasteiger partial charge >= 0.3 is 0 Å². The van der Waals surface area contributed by atoms with Crippen LogP contribution in [0.4, 0.5) is 5.82 Å². The number of aromatic nitrogens is 2. The van der Waals surface area contributed by atoms with Crippen molar-refractivity contribution in [3.05, 3.63) is 83.0 Å². The molecule has 0 saturated carbocycles. The Labute approximate surface area is 205 Å². The zero-order valence-corrected chi connectivity index (χ0v) is 20.7. The lowest BCUT2D eigenvalue weighted by Crippen LogP contribution is -2.33. The topological polar surface area (TPSA) is 70.6 Å². The van der Waals surface area contributed by atoms with E-state index in [-0.39, 0.29) is 12.0 Å². The molecule has 34 heavy (non-hydrogen) atoms. The minimum Gasteiger partial charge on any atom is -0.368 e. The minimum atomic E-state index is -0.0304. The molecule has 0 aliphatic carbocycles. The molecule has 178 valence electrons. The molecule has 8 heteroatoms. The summed E-state index contributed by atoms with van der Waals surface area (Å²) in [5.74, 6) is 0.672. The Hall–Kier alpha value is -2.94.